The minimum atomic E-state index is -2.92. The lowest BCUT2D eigenvalue weighted by molar-refractivity contribution is -0.0540. The third kappa shape index (κ3) is 3.20. The van der Waals surface area contributed by atoms with Crippen LogP contribution in [0.3, 0.4) is 0 Å². The minimum Gasteiger partial charge on any atom is -0.377 e. The van der Waals surface area contributed by atoms with E-state index in [0.717, 1.165) is 38.5 Å². The topological polar surface area (TPSA) is 55.4 Å². The third-order valence-electron chi connectivity index (χ3n) is 5.48. The standard InChI is InChI=1S/C15H29NO3S/c1-16-14(15(19-2)9-4-5-10-15)12-7-6-8-13(11-12)20(3,17)18/h12-14,16H,4-11H2,1-3H3. The molecule has 3 atom stereocenters. The lowest BCUT2D eigenvalue weighted by Gasteiger charge is -2.43. The monoisotopic (exact) mass is 303 g/mol. The van der Waals surface area contributed by atoms with Crippen molar-refractivity contribution in [2.24, 2.45) is 5.92 Å². The van der Waals surface area contributed by atoms with Crippen molar-refractivity contribution in [1.82, 2.24) is 5.32 Å². The Labute approximate surface area is 123 Å². The van der Waals surface area contributed by atoms with E-state index in [4.69, 9.17) is 4.74 Å². The van der Waals surface area contributed by atoms with Crippen molar-refractivity contribution in [1.29, 1.82) is 0 Å². The number of ether oxygens (including phenoxy) is 1. The SMILES string of the molecule is CNC(C1CCCC(S(C)(=O)=O)C1)C1(OC)CCCC1. The Balaban J connectivity index is 2.15. The molecule has 0 spiro atoms. The summed E-state index contributed by atoms with van der Waals surface area (Å²) in [5.41, 5.74) is -0.0845. The van der Waals surface area contributed by atoms with Crippen molar-refractivity contribution >= 4 is 9.84 Å². The summed E-state index contributed by atoms with van der Waals surface area (Å²) in [4.78, 5) is 0. The van der Waals surface area contributed by atoms with Gasteiger partial charge in [0.2, 0.25) is 0 Å². The fraction of sp³-hybridized carbons (Fsp3) is 1.00. The molecule has 0 aromatic rings. The zero-order chi connectivity index (χ0) is 14.8. The second-order valence-corrected chi connectivity index (χ2v) is 8.95. The molecule has 4 nitrogen and oxygen atoms in total. The third-order valence-corrected chi connectivity index (χ3v) is 7.12. The van der Waals surface area contributed by atoms with Crippen molar-refractivity contribution < 1.29 is 13.2 Å². The van der Waals surface area contributed by atoms with Gasteiger partial charge >= 0.3 is 0 Å². The Morgan fingerprint density at radius 3 is 2.35 bits per heavy atom. The lowest BCUT2D eigenvalue weighted by Crippen LogP contribution is -2.54. The first-order valence-electron chi connectivity index (χ1n) is 7.84. The Morgan fingerprint density at radius 2 is 1.85 bits per heavy atom. The molecule has 0 aromatic carbocycles. The van der Waals surface area contributed by atoms with Crippen molar-refractivity contribution in [2.45, 2.75) is 68.3 Å². The fourth-order valence-corrected chi connectivity index (χ4v) is 5.61. The Morgan fingerprint density at radius 1 is 1.20 bits per heavy atom. The molecule has 0 bridgehead atoms. The first kappa shape index (κ1) is 16.2. The molecule has 2 aliphatic carbocycles. The van der Waals surface area contributed by atoms with Crippen LogP contribution in [-0.4, -0.2) is 45.7 Å². The number of rotatable bonds is 5. The van der Waals surface area contributed by atoms with E-state index >= 15 is 0 Å². The van der Waals surface area contributed by atoms with E-state index in [-0.39, 0.29) is 16.9 Å². The molecule has 0 saturated heterocycles. The quantitative estimate of drug-likeness (QED) is 0.845. The molecule has 0 aromatic heterocycles. The Bertz CT molecular complexity index is 415. The zero-order valence-electron chi connectivity index (χ0n) is 13.0. The molecular formula is C15H29NO3S. The van der Waals surface area contributed by atoms with Gasteiger partial charge in [-0.25, -0.2) is 8.42 Å². The molecule has 2 saturated carbocycles. The maximum Gasteiger partial charge on any atom is 0.150 e. The molecule has 0 aliphatic heterocycles. The largest absolute Gasteiger partial charge is 0.377 e. The summed E-state index contributed by atoms with van der Waals surface area (Å²) in [7, 11) is 0.887. The van der Waals surface area contributed by atoms with E-state index < -0.39 is 9.84 Å². The average Bonchev–Trinajstić information content (AvgIpc) is 2.89. The van der Waals surface area contributed by atoms with Crippen LogP contribution in [0.1, 0.15) is 51.4 Å². The van der Waals surface area contributed by atoms with Gasteiger partial charge in [0.15, 0.2) is 0 Å². The van der Waals surface area contributed by atoms with Gasteiger partial charge < -0.3 is 10.1 Å². The number of nitrogens with one attached hydrogen (secondary N) is 1. The molecule has 2 fully saturated rings. The predicted octanol–water partition coefficient (Wildman–Crippen LogP) is 2.14. The normalized spacial score (nSPS) is 32.1. The maximum atomic E-state index is 11.9. The molecule has 0 amide bonds. The minimum absolute atomic E-state index is 0.0845. The lowest BCUT2D eigenvalue weighted by atomic mass is 9.75. The van der Waals surface area contributed by atoms with Gasteiger partial charge in [0.1, 0.15) is 9.84 Å². The highest BCUT2D eigenvalue weighted by Gasteiger charge is 2.46. The molecule has 5 heteroatoms. The van der Waals surface area contributed by atoms with E-state index in [2.05, 4.69) is 5.32 Å². The summed E-state index contributed by atoms with van der Waals surface area (Å²) in [6.07, 6.45) is 9.74. The van der Waals surface area contributed by atoms with E-state index in [1.807, 2.05) is 14.2 Å². The number of hydrogen-bond acceptors (Lipinski definition) is 4. The van der Waals surface area contributed by atoms with Gasteiger partial charge in [-0.15, -0.1) is 0 Å². The predicted molar refractivity (Wildman–Crippen MR) is 81.6 cm³/mol. The molecule has 1 N–H and O–H groups in total. The molecule has 118 valence electrons. The van der Waals surface area contributed by atoms with Crippen LogP contribution in [0.5, 0.6) is 0 Å². The summed E-state index contributed by atoms with van der Waals surface area (Å²) >= 11 is 0. The van der Waals surface area contributed by atoms with Crippen LogP contribution in [0.15, 0.2) is 0 Å². The van der Waals surface area contributed by atoms with Gasteiger partial charge in [0.05, 0.1) is 10.9 Å². The molecule has 20 heavy (non-hydrogen) atoms. The van der Waals surface area contributed by atoms with Crippen molar-refractivity contribution in [3.63, 3.8) is 0 Å². The van der Waals surface area contributed by atoms with Gasteiger partial charge in [0.25, 0.3) is 0 Å². The molecule has 2 rings (SSSR count). The van der Waals surface area contributed by atoms with Crippen LogP contribution in [0, 0.1) is 5.92 Å². The Hall–Kier alpha value is -0.130. The van der Waals surface area contributed by atoms with Gasteiger partial charge in [-0.3, -0.25) is 0 Å². The fourth-order valence-electron chi connectivity index (χ4n) is 4.42. The zero-order valence-corrected chi connectivity index (χ0v) is 13.8. The molecule has 3 unspecified atom stereocenters. The number of likely N-dealkylation sites (N-methyl/N-ethyl adjacent to an activating group) is 1. The number of hydrogen-bond donors (Lipinski definition) is 1. The molecule has 0 heterocycles. The number of methoxy groups -OCH3 is 1. The average molecular weight is 303 g/mol. The van der Waals surface area contributed by atoms with Crippen molar-refractivity contribution in [3.05, 3.63) is 0 Å². The summed E-state index contributed by atoms with van der Waals surface area (Å²) in [5, 5.41) is 3.30. The van der Waals surface area contributed by atoms with Crippen molar-refractivity contribution in [3.8, 4) is 0 Å². The highest BCUT2D eigenvalue weighted by molar-refractivity contribution is 7.91. The first-order valence-corrected chi connectivity index (χ1v) is 9.80. The summed E-state index contributed by atoms with van der Waals surface area (Å²) in [5.74, 6) is 0.409. The van der Waals surface area contributed by atoms with Crippen LogP contribution >= 0.6 is 0 Å². The van der Waals surface area contributed by atoms with Crippen molar-refractivity contribution in [2.75, 3.05) is 20.4 Å². The van der Waals surface area contributed by atoms with Crippen LogP contribution < -0.4 is 5.32 Å². The van der Waals surface area contributed by atoms with Gasteiger partial charge in [-0.1, -0.05) is 19.3 Å². The second-order valence-electron chi connectivity index (χ2n) is 6.62. The summed E-state index contributed by atoms with van der Waals surface area (Å²) < 4.78 is 29.6. The Kier molecular flexibility index (Phi) is 5.14. The maximum absolute atomic E-state index is 11.9. The highest BCUT2D eigenvalue weighted by atomic mass is 32.2. The van der Waals surface area contributed by atoms with Gasteiger partial charge in [-0.2, -0.15) is 0 Å². The van der Waals surface area contributed by atoms with Crippen LogP contribution in [0.2, 0.25) is 0 Å². The molecular weight excluding hydrogens is 274 g/mol. The first-order chi connectivity index (χ1) is 9.43. The molecule has 2 aliphatic rings. The van der Waals surface area contributed by atoms with E-state index in [1.165, 1.54) is 19.1 Å². The van der Waals surface area contributed by atoms with E-state index in [9.17, 15) is 8.42 Å². The van der Waals surface area contributed by atoms with Gasteiger partial charge in [0, 0.05) is 19.4 Å². The van der Waals surface area contributed by atoms with E-state index in [0.29, 0.717) is 5.92 Å². The highest BCUT2D eigenvalue weighted by Crippen LogP contribution is 2.42. The summed E-state index contributed by atoms with van der Waals surface area (Å²) in [6, 6.07) is 0.277. The van der Waals surface area contributed by atoms with Gasteiger partial charge in [-0.05, 0) is 45.1 Å². The van der Waals surface area contributed by atoms with Crippen LogP contribution in [-0.2, 0) is 14.6 Å². The summed E-state index contributed by atoms with van der Waals surface area (Å²) in [6.45, 7) is 0. The smallest absolute Gasteiger partial charge is 0.150 e. The van der Waals surface area contributed by atoms with E-state index in [1.54, 1.807) is 0 Å². The molecule has 0 radical (unpaired) electrons. The van der Waals surface area contributed by atoms with Crippen LogP contribution in [0.4, 0.5) is 0 Å². The number of sulfone groups is 1. The second kappa shape index (κ2) is 6.32. The van der Waals surface area contributed by atoms with Crippen LogP contribution in [0.25, 0.3) is 0 Å².